The van der Waals surface area contributed by atoms with Gasteiger partial charge in [0.05, 0.1) is 6.04 Å². The van der Waals surface area contributed by atoms with Crippen molar-refractivity contribution in [3.63, 3.8) is 0 Å². The second kappa shape index (κ2) is 13.3. The van der Waals surface area contributed by atoms with E-state index in [0.29, 0.717) is 19.4 Å². The fourth-order valence-corrected chi connectivity index (χ4v) is 2.80. The monoisotopic (exact) mass is 451 g/mol. The predicted octanol–water partition coefficient (Wildman–Crippen LogP) is -1.03. The summed E-state index contributed by atoms with van der Waals surface area (Å²) in [4.78, 5) is 48.3. The van der Waals surface area contributed by atoms with Gasteiger partial charge in [0.1, 0.15) is 23.9 Å². The SMILES string of the molecule is CC(NC(=O)C(CCCCN)NC(=O)C(C)NC(=O)C(N)Cc1ccc(O)cc1)C(=O)O. The molecular weight excluding hydrogens is 418 g/mol. The van der Waals surface area contributed by atoms with E-state index < -0.39 is 47.9 Å². The van der Waals surface area contributed by atoms with Crippen molar-refractivity contribution in [1.29, 1.82) is 0 Å². The standard InChI is InChI=1S/C21H33N5O6/c1-12(24-19(29)16(23)11-14-6-8-15(27)9-7-14)18(28)26-17(5-3-4-10-22)20(30)25-13(2)21(31)32/h6-9,12-13,16-17,27H,3-5,10-11,22-23H2,1-2H3,(H,24,29)(H,25,30)(H,26,28)(H,31,32). The summed E-state index contributed by atoms with van der Waals surface area (Å²) in [5, 5.41) is 25.7. The van der Waals surface area contributed by atoms with Gasteiger partial charge in [-0.25, -0.2) is 0 Å². The number of nitrogens with one attached hydrogen (secondary N) is 3. The molecule has 1 aromatic rings. The third-order valence-corrected chi connectivity index (χ3v) is 4.79. The maximum absolute atomic E-state index is 12.5. The van der Waals surface area contributed by atoms with Crippen LogP contribution in [-0.4, -0.2) is 64.6 Å². The number of hydrogen-bond acceptors (Lipinski definition) is 7. The minimum absolute atomic E-state index is 0.0971. The lowest BCUT2D eigenvalue weighted by atomic mass is 10.1. The number of unbranched alkanes of at least 4 members (excludes halogenated alkanes) is 1. The van der Waals surface area contributed by atoms with Crippen LogP contribution in [0.2, 0.25) is 0 Å². The van der Waals surface area contributed by atoms with Crippen LogP contribution in [0.1, 0.15) is 38.7 Å². The minimum Gasteiger partial charge on any atom is -0.508 e. The van der Waals surface area contributed by atoms with Crippen molar-refractivity contribution in [3.05, 3.63) is 29.8 Å². The Morgan fingerprint density at radius 1 is 0.906 bits per heavy atom. The van der Waals surface area contributed by atoms with Crippen LogP contribution in [0.15, 0.2) is 24.3 Å². The van der Waals surface area contributed by atoms with Gasteiger partial charge in [0.2, 0.25) is 17.7 Å². The summed E-state index contributed by atoms with van der Waals surface area (Å²) >= 11 is 0. The smallest absolute Gasteiger partial charge is 0.325 e. The first-order valence-electron chi connectivity index (χ1n) is 10.4. The summed E-state index contributed by atoms with van der Waals surface area (Å²) in [6.07, 6.45) is 1.65. The summed E-state index contributed by atoms with van der Waals surface area (Å²) < 4.78 is 0. The highest BCUT2D eigenvalue weighted by molar-refractivity contribution is 5.93. The van der Waals surface area contributed by atoms with Crippen LogP contribution in [0.25, 0.3) is 0 Å². The van der Waals surface area contributed by atoms with Gasteiger partial charge in [-0.3, -0.25) is 19.2 Å². The van der Waals surface area contributed by atoms with Crippen molar-refractivity contribution in [2.24, 2.45) is 11.5 Å². The van der Waals surface area contributed by atoms with Crippen molar-refractivity contribution >= 4 is 23.7 Å². The predicted molar refractivity (Wildman–Crippen MR) is 117 cm³/mol. The number of carbonyl (C=O) groups is 4. The number of benzene rings is 1. The molecule has 0 bridgehead atoms. The molecule has 0 spiro atoms. The third kappa shape index (κ3) is 9.31. The number of phenols is 1. The average Bonchev–Trinajstić information content (AvgIpc) is 2.74. The number of aromatic hydroxyl groups is 1. The second-order valence-electron chi connectivity index (χ2n) is 7.62. The van der Waals surface area contributed by atoms with E-state index in [4.69, 9.17) is 16.6 Å². The van der Waals surface area contributed by atoms with Crippen LogP contribution in [0.3, 0.4) is 0 Å². The molecule has 0 aromatic heterocycles. The largest absolute Gasteiger partial charge is 0.508 e. The van der Waals surface area contributed by atoms with Crippen molar-refractivity contribution in [2.75, 3.05) is 6.54 Å². The van der Waals surface area contributed by atoms with E-state index in [1.54, 1.807) is 12.1 Å². The second-order valence-corrected chi connectivity index (χ2v) is 7.62. The number of rotatable bonds is 13. The van der Waals surface area contributed by atoms with Gasteiger partial charge in [0, 0.05) is 0 Å². The summed E-state index contributed by atoms with van der Waals surface area (Å²) in [6, 6.07) is 2.26. The number of nitrogens with two attached hydrogens (primary N) is 2. The van der Waals surface area contributed by atoms with E-state index >= 15 is 0 Å². The van der Waals surface area contributed by atoms with Gasteiger partial charge in [-0.2, -0.15) is 0 Å². The van der Waals surface area contributed by atoms with E-state index in [9.17, 15) is 24.3 Å². The Morgan fingerprint density at radius 3 is 2.06 bits per heavy atom. The van der Waals surface area contributed by atoms with Crippen molar-refractivity contribution in [1.82, 2.24) is 16.0 Å². The Bertz CT molecular complexity index is 785. The molecule has 178 valence electrons. The number of phenolic OH excluding ortho intramolecular Hbond substituents is 1. The number of carboxylic acids is 1. The quantitative estimate of drug-likeness (QED) is 0.185. The minimum atomic E-state index is -1.20. The summed E-state index contributed by atoms with van der Waals surface area (Å²) in [7, 11) is 0. The molecule has 0 saturated carbocycles. The Labute approximate surface area is 186 Å². The first-order chi connectivity index (χ1) is 15.0. The van der Waals surface area contributed by atoms with Crippen LogP contribution in [-0.2, 0) is 25.6 Å². The van der Waals surface area contributed by atoms with E-state index in [-0.39, 0.29) is 18.6 Å². The first-order valence-corrected chi connectivity index (χ1v) is 10.4. The summed E-state index contributed by atoms with van der Waals surface area (Å²) in [5.74, 6) is -2.89. The van der Waals surface area contributed by atoms with E-state index in [2.05, 4.69) is 16.0 Å². The molecule has 0 heterocycles. The number of hydrogen-bond donors (Lipinski definition) is 7. The van der Waals surface area contributed by atoms with Gasteiger partial charge in [0.25, 0.3) is 0 Å². The Kier molecular flexibility index (Phi) is 11.1. The molecule has 1 rings (SSSR count). The molecular formula is C21H33N5O6. The molecule has 0 radical (unpaired) electrons. The Balaban J connectivity index is 2.67. The molecule has 0 aliphatic carbocycles. The molecule has 9 N–H and O–H groups in total. The van der Waals surface area contributed by atoms with Gasteiger partial charge >= 0.3 is 5.97 Å². The maximum atomic E-state index is 12.5. The molecule has 11 nitrogen and oxygen atoms in total. The highest BCUT2D eigenvalue weighted by Crippen LogP contribution is 2.11. The molecule has 0 aliphatic rings. The van der Waals surface area contributed by atoms with E-state index in [1.165, 1.54) is 26.0 Å². The number of aliphatic carboxylic acids is 1. The lowest BCUT2D eigenvalue weighted by molar-refractivity contribution is -0.141. The van der Waals surface area contributed by atoms with Crippen molar-refractivity contribution in [3.8, 4) is 5.75 Å². The van der Waals surface area contributed by atoms with Crippen LogP contribution in [0.4, 0.5) is 0 Å². The molecule has 0 fully saturated rings. The van der Waals surface area contributed by atoms with Gasteiger partial charge in [-0.1, -0.05) is 12.1 Å². The van der Waals surface area contributed by atoms with Crippen molar-refractivity contribution in [2.45, 2.75) is 63.7 Å². The molecule has 4 atom stereocenters. The Hall–Kier alpha value is -3.18. The topological polar surface area (TPSA) is 197 Å². The molecule has 3 amide bonds. The van der Waals surface area contributed by atoms with E-state index in [1.807, 2.05) is 0 Å². The fraction of sp³-hybridized carbons (Fsp3) is 0.524. The average molecular weight is 452 g/mol. The number of carboxylic acid groups (broad SMARTS) is 1. The van der Waals surface area contributed by atoms with E-state index in [0.717, 1.165) is 5.56 Å². The van der Waals surface area contributed by atoms with Crippen LogP contribution in [0.5, 0.6) is 5.75 Å². The molecule has 11 heteroatoms. The summed E-state index contributed by atoms with van der Waals surface area (Å²) in [6.45, 7) is 3.19. The zero-order valence-electron chi connectivity index (χ0n) is 18.3. The van der Waals surface area contributed by atoms with Gasteiger partial charge in [0.15, 0.2) is 0 Å². The first kappa shape index (κ1) is 26.9. The molecule has 1 aromatic carbocycles. The number of carbonyl (C=O) groups excluding carboxylic acids is 3. The third-order valence-electron chi connectivity index (χ3n) is 4.79. The van der Waals surface area contributed by atoms with Gasteiger partial charge < -0.3 is 37.6 Å². The lowest BCUT2D eigenvalue weighted by Crippen LogP contribution is -2.56. The highest BCUT2D eigenvalue weighted by atomic mass is 16.4. The molecule has 32 heavy (non-hydrogen) atoms. The zero-order valence-corrected chi connectivity index (χ0v) is 18.3. The van der Waals surface area contributed by atoms with Crippen LogP contribution < -0.4 is 27.4 Å². The Morgan fingerprint density at radius 2 is 1.50 bits per heavy atom. The molecule has 0 saturated heterocycles. The van der Waals surface area contributed by atoms with Crippen LogP contribution in [0, 0.1) is 0 Å². The molecule has 4 unspecified atom stereocenters. The normalized spacial score (nSPS) is 14.5. The van der Waals surface area contributed by atoms with Gasteiger partial charge in [-0.05, 0) is 63.8 Å². The maximum Gasteiger partial charge on any atom is 0.325 e. The zero-order chi connectivity index (χ0) is 24.3. The highest BCUT2D eigenvalue weighted by Gasteiger charge is 2.27. The van der Waals surface area contributed by atoms with Gasteiger partial charge in [-0.15, -0.1) is 0 Å². The number of amides is 3. The summed E-state index contributed by atoms with van der Waals surface area (Å²) in [5.41, 5.74) is 12.1. The fourth-order valence-electron chi connectivity index (χ4n) is 2.80. The molecule has 0 aliphatic heterocycles. The van der Waals surface area contributed by atoms with Crippen LogP contribution >= 0.6 is 0 Å². The van der Waals surface area contributed by atoms with Crippen molar-refractivity contribution < 1.29 is 29.4 Å². The lowest BCUT2D eigenvalue weighted by Gasteiger charge is -2.23.